The number of hydrogen-bond acceptors (Lipinski definition) is 4. The predicted molar refractivity (Wildman–Crippen MR) is 165 cm³/mol. The molecule has 0 radical (unpaired) electrons. The lowest BCUT2D eigenvalue weighted by atomic mass is 9.77. The van der Waals surface area contributed by atoms with Gasteiger partial charge in [-0.1, -0.05) is 97.6 Å². The third kappa shape index (κ3) is 5.36. The Kier molecular flexibility index (Phi) is 7.70. The Labute approximate surface area is 249 Å². The monoisotopic (exact) mass is 565 g/mol. The van der Waals surface area contributed by atoms with Crippen LogP contribution < -0.4 is 5.32 Å². The molecule has 43 heavy (non-hydrogen) atoms. The van der Waals surface area contributed by atoms with Crippen molar-refractivity contribution in [1.29, 1.82) is 0 Å². The second-order valence-corrected chi connectivity index (χ2v) is 9.98. The second-order valence-electron chi connectivity index (χ2n) is 9.98. The number of nitrogens with zero attached hydrogens (tertiary/aromatic N) is 4. The molecule has 0 atom stereocenters. The van der Waals surface area contributed by atoms with Gasteiger partial charge in [0.2, 0.25) is 5.91 Å². The van der Waals surface area contributed by atoms with Gasteiger partial charge in [0, 0.05) is 29.4 Å². The Bertz CT molecular complexity index is 1760. The Morgan fingerprint density at radius 1 is 0.814 bits per heavy atom. The first-order chi connectivity index (χ1) is 21.1. The fourth-order valence-electron chi connectivity index (χ4n) is 5.35. The van der Waals surface area contributed by atoms with Gasteiger partial charge in [0.15, 0.2) is 5.82 Å². The molecule has 210 valence electrons. The second kappa shape index (κ2) is 12.0. The van der Waals surface area contributed by atoms with E-state index in [-0.39, 0.29) is 18.3 Å². The van der Waals surface area contributed by atoms with E-state index in [4.69, 9.17) is 10.1 Å². The summed E-state index contributed by atoms with van der Waals surface area (Å²) in [6, 6.07) is 38.7. The summed E-state index contributed by atoms with van der Waals surface area (Å²) < 4.78 is 15.6. The highest BCUT2D eigenvalue weighted by Gasteiger charge is 2.39. The lowest BCUT2D eigenvalue weighted by Crippen LogP contribution is -2.38. The molecule has 0 saturated heterocycles. The molecule has 0 aliphatic carbocycles. The van der Waals surface area contributed by atoms with Crippen molar-refractivity contribution >= 4 is 5.91 Å². The largest absolute Gasteiger partial charge is 0.348 e. The van der Waals surface area contributed by atoms with Crippen molar-refractivity contribution in [2.75, 3.05) is 0 Å². The van der Waals surface area contributed by atoms with Crippen molar-refractivity contribution in [2.45, 2.75) is 12.1 Å². The zero-order valence-corrected chi connectivity index (χ0v) is 23.3. The number of nitrogens with one attached hydrogen (secondary N) is 1. The maximum absolute atomic E-state index is 13.7. The summed E-state index contributed by atoms with van der Waals surface area (Å²) in [5, 5.41) is 7.96. The Balaban J connectivity index is 1.56. The highest BCUT2D eigenvalue weighted by molar-refractivity contribution is 5.87. The number of pyridine rings is 1. The minimum absolute atomic E-state index is 0.201. The molecule has 0 bridgehead atoms. The average molecular weight is 566 g/mol. The van der Waals surface area contributed by atoms with Gasteiger partial charge >= 0.3 is 0 Å². The van der Waals surface area contributed by atoms with E-state index in [1.807, 2.05) is 65.3 Å². The predicted octanol–water partition coefficient (Wildman–Crippen LogP) is 6.79. The molecule has 4 aromatic carbocycles. The number of rotatable bonds is 9. The minimum Gasteiger partial charge on any atom is -0.348 e. The molecule has 0 aliphatic heterocycles. The number of benzene rings is 4. The van der Waals surface area contributed by atoms with Gasteiger partial charge in [0.1, 0.15) is 17.7 Å². The Hall–Kier alpha value is -5.69. The number of hydrogen-bond donors (Lipinski definition) is 1. The first kappa shape index (κ1) is 27.5. The molecule has 0 saturated carbocycles. The third-order valence-electron chi connectivity index (χ3n) is 7.42. The molecule has 0 fully saturated rings. The van der Waals surface area contributed by atoms with Gasteiger partial charge in [-0.15, -0.1) is 5.10 Å². The van der Waals surface area contributed by atoms with Gasteiger partial charge in [-0.2, -0.15) is 0 Å². The van der Waals surface area contributed by atoms with E-state index >= 15 is 0 Å². The van der Waals surface area contributed by atoms with Crippen molar-refractivity contribution in [3.05, 3.63) is 175 Å². The SMILES string of the molecule is C=CC(=O)NCc1cnc(-c2ccc(F)cc2)cc1-c1ncn(C(c2ccccc2)(c2ccccc2)c2ccccc2)n1. The molecule has 7 heteroatoms. The van der Waals surface area contributed by atoms with E-state index in [0.29, 0.717) is 17.1 Å². The number of halogens is 1. The van der Waals surface area contributed by atoms with E-state index in [1.54, 1.807) is 24.7 Å². The van der Waals surface area contributed by atoms with Crippen LogP contribution in [-0.4, -0.2) is 25.7 Å². The van der Waals surface area contributed by atoms with Crippen LogP contribution in [0.3, 0.4) is 0 Å². The van der Waals surface area contributed by atoms with Crippen molar-refractivity contribution in [2.24, 2.45) is 0 Å². The standard InChI is InChI=1S/C36H28FN5O/c1-2-34(43)39-24-27-23-38-33(26-18-20-31(37)21-19-26)22-32(27)35-40-25-42(41-35)36(28-12-6-3-7-13-28,29-14-8-4-9-15-29)30-16-10-5-11-17-30/h2-23,25H,1,24H2,(H,39,43). The summed E-state index contributed by atoms with van der Waals surface area (Å²) >= 11 is 0. The fourth-order valence-corrected chi connectivity index (χ4v) is 5.35. The van der Waals surface area contributed by atoms with Gasteiger partial charge in [0.25, 0.3) is 0 Å². The van der Waals surface area contributed by atoms with Gasteiger partial charge in [-0.25, -0.2) is 14.1 Å². The summed E-state index contributed by atoms with van der Waals surface area (Å²) in [5.41, 5.74) is 5.02. The number of aromatic nitrogens is 4. The fraction of sp³-hybridized carbons (Fsp3) is 0.0556. The summed E-state index contributed by atoms with van der Waals surface area (Å²) in [5.74, 6) is -0.170. The van der Waals surface area contributed by atoms with Gasteiger partial charge < -0.3 is 5.32 Å². The topological polar surface area (TPSA) is 72.7 Å². The van der Waals surface area contributed by atoms with Crippen LogP contribution in [0.1, 0.15) is 22.3 Å². The van der Waals surface area contributed by atoms with E-state index < -0.39 is 5.54 Å². The van der Waals surface area contributed by atoms with Crippen LogP contribution >= 0.6 is 0 Å². The normalized spacial score (nSPS) is 11.2. The summed E-state index contributed by atoms with van der Waals surface area (Å²) in [6.07, 6.45) is 4.66. The minimum atomic E-state index is -0.834. The highest BCUT2D eigenvalue weighted by Crippen LogP contribution is 2.40. The Morgan fingerprint density at radius 2 is 1.37 bits per heavy atom. The summed E-state index contributed by atoms with van der Waals surface area (Å²) in [4.78, 5) is 21.5. The maximum Gasteiger partial charge on any atom is 0.243 e. The smallest absolute Gasteiger partial charge is 0.243 e. The summed E-state index contributed by atoms with van der Waals surface area (Å²) in [6.45, 7) is 3.75. The summed E-state index contributed by atoms with van der Waals surface area (Å²) in [7, 11) is 0. The molecule has 1 N–H and O–H groups in total. The number of carbonyl (C=O) groups is 1. The van der Waals surface area contributed by atoms with E-state index in [9.17, 15) is 9.18 Å². The van der Waals surface area contributed by atoms with Crippen molar-refractivity contribution < 1.29 is 9.18 Å². The van der Waals surface area contributed by atoms with Crippen molar-refractivity contribution in [3.63, 3.8) is 0 Å². The highest BCUT2D eigenvalue weighted by atomic mass is 19.1. The first-order valence-electron chi connectivity index (χ1n) is 13.8. The first-order valence-corrected chi connectivity index (χ1v) is 13.8. The van der Waals surface area contributed by atoms with E-state index in [2.05, 4.69) is 53.3 Å². The molecule has 0 spiro atoms. The van der Waals surface area contributed by atoms with Crippen molar-refractivity contribution in [3.8, 4) is 22.6 Å². The van der Waals surface area contributed by atoms with Gasteiger partial charge in [0.05, 0.1) is 5.69 Å². The number of amides is 1. The molecule has 0 aliphatic rings. The number of carbonyl (C=O) groups excluding carboxylic acids is 1. The van der Waals surface area contributed by atoms with Gasteiger partial charge in [-0.05, 0) is 53.1 Å². The quantitative estimate of drug-likeness (QED) is 0.155. The molecular formula is C36H28FN5O. The molecule has 6 rings (SSSR count). The molecule has 6 nitrogen and oxygen atoms in total. The Morgan fingerprint density at radius 3 is 1.91 bits per heavy atom. The van der Waals surface area contributed by atoms with Crippen LogP contribution in [0.4, 0.5) is 4.39 Å². The van der Waals surface area contributed by atoms with Crippen LogP contribution in [0.2, 0.25) is 0 Å². The molecule has 2 aromatic heterocycles. The van der Waals surface area contributed by atoms with Crippen LogP contribution in [0.15, 0.2) is 147 Å². The maximum atomic E-state index is 13.7. The van der Waals surface area contributed by atoms with Crippen LogP contribution in [0.5, 0.6) is 0 Å². The molecular weight excluding hydrogens is 537 g/mol. The van der Waals surface area contributed by atoms with E-state index in [1.165, 1.54) is 18.2 Å². The molecule has 6 aromatic rings. The third-order valence-corrected chi connectivity index (χ3v) is 7.42. The van der Waals surface area contributed by atoms with E-state index in [0.717, 1.165) is 27.8 Å². The zero-order chi connectivity index (χ0) is 29.6. The lowest BCUT2D eigenvalue weighted by Gasteiger charge is -2.35. The van der Waals surface area contributed by atoms with Crippen LogP contribution in [-0.2, 0) is 16.9 Å². The zero-order valence-electron chi connectivity index (χ0n) is 23.3. The van der Waals surface area contributed by atoms with Crippen LogP contribution in [0.25, 0.3) is 22.6 Å². The van der Waals surface area contributed by atoms with Crippen molar-refractivity contribution in [1.82, 2.24) is 25.1 Å². The molecule has 0 unspecified atom stereocenters. The lowest BCUT2D eigenvalue weighted by molar-refractivity contribution is -0.116. The van der Waals surface area contributed by atoms with Gasteiger partial charge in [-0.3, -0.25) is 9.78 Å². The molecule has 1 amide bonds. The average Bonchev–Trinajstić information content (AvgIpc) is 3.56. The van der Waals surface area contributed by atoms with Crippen LogP contribution in [0, 0.1) is 5.82 Å². The molecule has 2 heterocycles.